The molecule has 0 aromatic heterocycles. The van der Waals surface area contributed by atoms with E-state index >= 15 is 0 Å². The fourth-order valence-electron chi connectivity index (χ4n) is 1.96. The molecule has 1 atom stereocenters. The Morgan fingerprint density at radius 1 is 1.18 bits per heavy atom. The Bertz CT molecular complexity index is 707. The van der Waals surface area contributed by atoms with Crippen molar-refractivity contribution in [3.05, 3.63) is 63.4 Å². The van der Waals surface area contributed by atoms with Crippen LogP contribution in [0.25, 0.3) is 0 Å². The topological polar surface area (TPSA) is 41.1 Å². The van der Waals surface area contributed by atoms with Crippen LogP contribution < -0.4 is 10.6 Å². The van der Waals surface area contributed by atoms with Gasteiger partial charge in [-0.15, -0.1) is 0 Å². The summed E-state index contributed by atoms with van der Waals surface area (Å²) in [7, 11) is 0. The zero-order valence-corrected chi connectivity index (χ0v) is 13.6. The van der Waals surface area contributed by atoms with Gasteiger partial charge < -0.3 is 10.6 Å². The van der Waals surface area contributed by atoms with Gasteiger partial charge in [-0.05, 0) is 49.2 Å². The molecule has 3 nitrogen and oxygen atoms in total. The minimum absolute atomic E-state index is 0.319. The van der Waals surface area contributed by atoms with Crippen LogP contribution in [0.4, 0.5) is 14.9 Å². The van der Waals surface area contributed by atoms with Gasteiger partial charge in [0.2, 0.25) is 0 Å². The highest BCUT2D eigenvalue weighted by molar-refractivity contribution is 6.35. The molecule has 0 saturated carbocycles. The van der Waals surface area contributed by atoms with E-state index in [0.29, 0.717) is 21.3 Å². The standard InChI is InChI=1S/C16H15Cl2FN2O/c1-9-3-5-12(8-15(9)19)21-16(22)20-10(2)13-6-4-11(17)7-14(13)18/h3-8,10H,1-2H3,(H2,20,21,22)/t10-/m0/s1. The molecule has 2 aromatic carbocycles. The number of hydrogen-bond donors (Lipinski definition) is 2. The van der Waals surface area contributed by atoms with Crippen molar-refractivity contribution in [2.75, 3.05) is 5.32 Å². The highest BCUT2D eigenvalue weighted by atomic mass is 35.5. The zero-order chi connectivity index (χ0) is 16.3. The lowest BCUT2D eigenvalue weighted by Gasteiger charge is -2.16. The molecule has 0 aliphatic rings. The molecular weight excluding hydrogens is 326 g/mol. The first-order chi connectivity index (χ1) is 10.4. The number of urea groups is 1. The van der Waals surface area contributed by atoms with Gasteiger partial charge in [0.15, 0.2) is 0 Å². The summed E-state index contributed by atoms with van der Waals surface area (Å²) in [6, 6.07) is 8.82. The zero-order valence-electron chi connectivity index (χ0n) is 12.1. The Hall–Kier alpha value is -1.78. The van der Waals surface area contributed by atoms with Gasteiger partial charge in [0.1, 0.15) is 5.82 Å². The minimum Gasteiger partial charge on any atom is -0.331 e. The summed E-state index contributed by atoms with van der Waals surface area (Å²) in [5.41, 5.74) is 1.65. The molecule has 2 N–H and O–H groups in total. The molecule has 0 fully saturated rings. The fraction of sp³-hybridized carbons (Fsp3) is 0.188. The number of carbonyl (C=O) groups is 1. The number of amides is 2. The maximum atomic E-state index is 13.4. The van der Waals surface area contributed by atoms with Crippen LogP contribution in [-0.2, 0) is 0 Å². The number of aryl methyl sites for hydroxylation is 1. The first-order valence-electron chi connectivity index (χ1n) is 6.65. The van der Waals surface area contributed by atoms with Crippen molar-refractivity contribution in [1.82, 2.24) is 5.32 Å². The lowest BCUT2D eigenvalue weighted by atomic mass is 10.1. The third kappa shape index (κ3) is 4.12. The molecule has 0 aliphatic carbocycles. The molecule has 2 amide bonds. The third-order valence-corrected chi connectivity index (χ3v) is 3.77. The van der Waals surface area contributed by atoms with Crippen molar-refractivity contribution in [2.24, 2.45) is 0 Å². The van der Waals surface area contributed by atoms with Gasteiger partial charge in [-0.1, -0.05) is 35.3 Å². The summed E-state index contributed by atoms with van der Waals surface area (Å²) in [4.78, 5) is 12.0. The van der Waals surface area contributed by atoms with Crippen LogP contribution in [0.15, 0.2) is 36.4 Å². The van der Waals surface area contributed by atoms with E-state index in [4.69, 9.17) is 23.2 Å². The second kappa shape index (κ2) is 6.99. The van der Waals surface area contributed by atoms with E-state index in [1.807, 2.05) is 0 Å². The van der Waals surface area contributed by atoms with Crippen LogP contribution in [0.5, 0.6) is 0 Å². The first-order valence-corrected chi connectivity index (χ1v) is 7.41. The molecule has 0 heterocycles. The van der Waals surface area contributed by atoms with E-state index in [9.17, 15) is 9.18 Å². The summed E-state index contributed by atoms with van der Waals surface area (Å²) < 4.78 is 13.4. The van der Waals surface area contributed by atoms with Crippen molar-refractivity contribution in [1.29, 1.82) is 0 Å². The maximum absolute atomic E-state index is 13.4. The van der Waals surface area contributed by atoms with E-state index in [1.54, 1.807) is 44.2 Å². The molecule has 2 aromatic rings. The van der Waals surface area contributed by atoms with Crippen molar-refractivity contribution >= 4 is 34.9 Å². The maximum Gasteiger partial charge on any atom is 0.319 e. The number of halogens is 3. The third-order valence-electron chi connectivity index (χ3n) is 3.21. The molecule has 0 saturated heterocycles. The Morgan fingerprint density at radius 3 is 2.55 bits per heavy atom. The predicted octanol–water partition coefficient (Wildman–Crippen LogP) is 5.32. The molecular formula is C16H15Cl2FN2O. The van der Waals surface area contributed by atoms with Crippen LogP contribution in [0, 0.1) is 12.7 Å². The average Bonchev–Trinajstić information content (AvgIpc) is 2.42. The summed E-state index contributed by atoms with van der Waals surface area (Å²) in [6.45, 7) is 3.45. The highest BCUT2D eigenvalue weighted by Crippen LogP contribution is 2.26. The molecule has 6 heteroatoms. The normalized spacial score (nSPS) is 11.9. The SMILES string of the molecule is Cc1ccc(NC(=O)N[C@@H](C)c2ccc(Cl)cc2Cl)cc1F. The predicted molar refractivity (Wildman–Crippen MR) is 88.2 cm³/mol. The lowest BCUT2D eigenvalue weighted by molar-refractivity contribution is 0.249. The second-order valence-corrected chi connectivity index (χ2v) is 5.79. The Kier molecular flexibility index (Phi) is 5.27. The van der Waals surface area contributed by atoms with Crippen LogP contribution >= 0.6 is 23.2 Å². The van der Waals surface area contributed by atoms with E-state index < -0.39 is 6.03 Å². The van der Waals surface area contributed by atoms with Gasteiger partial charge in [0.05, 0.1) is 6.04 Å². The quantitative estimate of drug-likeness (QED) is 0.779. The van der Waals surface area contributed by atoms with E-state index in [0.717, 1.165) is 5.56 Å². The highest BCUT2D eigenvalue weighted by Gasteiger charge is 2.13. The van der Waals surface area contributed by atoms with Gasteiger partial charge in [0, 0.05) is 15.7 Å². The Balaban J connectivity index is 2.03. The average molecular weight is 341 g/mol. The number of benzene rings is 2. The summed E-state index contributed by atoms with van der Waals surface area (Å²) in [5, 5.41) is 6.32. The molecule has 0 spiro atoms. The number of carbonyl (C=O) groups excluding carboxylic acids is 1. The van der Waals surface area contributed by atoms with Gasteiger partial charge in [-0.2, -0.15) is 0 Å². The first kappa shape index (κ1) is 16.6. The summed E-state index contributed by atoms with van der Waals surface area (Å²) in [6.07, 6.45) is 0. The van der Waals surface area contributed by atoms with E-state index in [1.165, 1.54) is 6.07 Å². The largest absolute Gasteiger partial charge is 0.331 e. The molecule has 2 rings (SSSR count). The monoisotopic (exact) mass is 340 g/mol. The van der Waals surface area contributed by atoms with Crippen LogP contribution in [-0.4, -0.2) is 6.03 Å². The second-order valence-electron chi connectivity index (χ2n) is 4.95. The van der Waals surface area contributed by atoms with Gasteiger partial charge >= 0.3 is 6.03 Å². The number of rotatable bonds is 3. The number of anilines is 1. The molecule has 0 bridgehead atoms. The minimum atomic E-state index is -0.443. The molecule has 116 valence electrons. The van der Waals surface area contributed by atoms with Gasteiger partial charge in [0.25, 0.3) is 0 Å². The van der Waals surface area contributed by atoms with Gasteiger partial charge in [-0.3, -0.25) is 0 Å². The van der Waals surface area contributed by atoms with E-state index in [-0.39, 0.29) is 11.9 Å². The molecule has 0 radical (unpaired) electrons. The van der Waals surface area contributed by atoms with Gasteiger partial charge in [-0.25, -0.2) is 9.18 Å². The number of hydrogen-bond acceptors (Lipinski definition) is 1. The number of nitrogens with one attached hydrogen (secondary N) is 2. The van der Waals surface area contributed by atoms with Crippen molar-refractivity contribution in [2.45, 2.75) is 19.9 Å². The van der Waals surface area contributed by atoms with Crippen LogP contribution in [0.3, 0.4) is 0 Å². The van der Waals surface area contributed by atoms with Crippen molar-refractivity contribution in [3.8, 4) is 0 Å². The Labute approximate surface area is 138 Å². The van der Waals surface area contributed by atoms with Crippen molar-refractivity contribution in [3.63, 3.8) is 0 Å². The molecule has 0 aliphatic heterocycles. The fourth-order valence-corrected chi connectivity index (χ4v) is 2.54. The van der Waals surface area contributed by atoms with E-state index in [2.05, 4.69) is 10.6 Å². The van der Waals surface area contributed by atoms with Crippen molar-refractivity contribution < 1.29 is 9.18 Å². The Morgan fingerprint density at radius 2 is 1.91 bits per heavy atom. The smallest absolute Gasteiger partial charge is 0.319 e. The van der Waals surface area contributed by atoms with Crippen LogP contribution in [0.2, 0.25) is 10.0 Å². The lowest BCUT2D eigenvalue weighted by Crippen LogP contribution is -2.31. The summed E-state index contributed by atoms with van der Waals surface area (Å²) in [5.74, 6) is -0.369. The molecule has 22 heavy (non-hydrogen) atoms. The van der Waals surface area contributed by atoms with Crippen LogP contribution in [0.1, 0.15) is 24.1 Å². The summed E-state index contributed by atoms with van der Waals surface area (Å²) >= 11 is 11.9. The molecule has 0 unspecified atom stereocenters.